The van der Waals surface area contributed by atoms with Gasteiger partial charge in [-0.1, -0.05) is 19.9 Å². The van der Waals surface area contributed by atoms with E-state index in [4.69, 9.17) is 0 Å². The number of aromatic nitrogens is 1. The van der Waals surface area contributed by atoms with E-state index in [2.05, 4.69) is 15.3 Å². The molecule has 1 aliphatic heterocycles. The van der Waals surface area contributed by atoms with E-state index in [0.717, 1.165) is 0 Å². The number of amidine groups is 1. The van der Waals surface area contributed by atoms with Crippen LogP contribution in [-0.4, -0.2) is 22.8 Å². The first-order chi connectivity index (χ1) is 7.18. The molecule has 1 atom stereocenters. The maximum atomic E-state index is 11.5. The van der Waals surface area contributed by atoms with Gasteiger partial charge < -0.3 is 5.32 Å². The van der Waals surface area contributed by atoms with E-state index in [1.54, 1.807) is 6.20 Å². The van der Waals surface area contributed by atoms with Crippen molar-refractivity contribution in [3.63, 3.8) is 0 Å². The molecule has 0 saturated carbocycles. The molecule has 4 nitrogen and oxygen atoms in total. The first-order valence-electron chi connectivity index (χ1n) is 4.98. The molecule has 1 aliphatic rings. The average molecular weight is 203 g/mol. The highest BCUT2D eigenvalue weighted by Gasteiger charge is 2.29. The Labute approximate surface area is 88.4 Å². The molecule has 0 aromatic carbocycles. The van der Waals surface area contributed by atoms with E-state index in [0.29, 0.717) is 11.5 Å². The molecule has 2 heterocycles. The van der Waals surface area contributed by atoms with Gasteiger partial charge in [0.05, 0.1) is 0 Å². The zero-order chi connectivity index (χ0) is 10.8. The highest BCUT2D eigenvalue weighted by atomic mass is 16.2. The molecular formula is C11H13N3O. The number of rotatable bonds is 2. The lowest BCUT2D eigenvalue weighted by Crippen LogP contribution is -2.31. The molecule has 1 N–H and O–H groups in total. The van der Waals surface area contributed by atoms with Crippen LogP contribution in [0.2, 0.25) is 0 Å². The van der Waals surface area contributed by atoms with Crippen LogP contribution in [0.3, 0.4) is 0 Å². The zero-order valence-electron chi connectivity index (χ0n) is 8.77. The molecular weight excluding hydrogens is 190 g/mol. The van der Waals surface area contributed by atoms with Crippen molar-refractivity contribution in [2.24, 2.45) is 10.9 Å². The summed E-state index contributed by atoms with van der Waals surface area (Å²) in [5.74, 6) is 0.760. The summed E-state index contributed by atoms with van der Waals surface area (Å²) in [7, 11) is 0. The maximum absolute atomic E-state index is 11.5. The molecule has 15 heavy (non-hydrogen) atoms. The lowest BCUT2D eigenvalue weighted by molar-refractivity contribution is -0.120. The lowest BCUT2D eigenvalue weighted by atomic mass is 10.1. The number of hydrogen-bond acceptors (Lipinski definition) is 3. The molecule has 1 amide bonds. The first-order valence-corrected chi connectivity index (χ1v) is 4.98. The summed E-state index contributed by atoms with van der Waals surface area (Å²) in [6, 6.07) is 5.27. The third-order valence-electron chi connectivity index (χ3n) is 2.32. The summed E-state index contributed by atoms with van der Waals surface area (Å²) in [5.41, 5.74) is 0.717. The molecule has 0 aliphatic carbocycles. The number of carbonyl (C=O) groups excluding carboxylic acids is 1. The minimum absolute atomic E-state index is 0.0364. The van der Waals surface area contributed by atoms with E-state index < -0.39 is 0 Å². The Bertz CT molecular complexity index is 398. The fourth-order valence-electron chi connectivity index (χ4n) is 1.51. The number of nitrogens with zero attached hydrogens (tertiary/aromatic N) is 2. The molecule has 0 radical (unpaired) electrons. The van der Waals surface area contributed by atoms with Crippen molar-refractivity contribution in [1.29, 1.82) is 0 Å². The second kappa shape index (κ2) is 3.81. The Hall–Kier alpha value is -1.71. The lowest BCUT2D eigenvalue weighted by Gasteiger charge is -2.06. The Morgan fingerprint density at radius 1 is 1.40 bits per heavy atom. The summed E-state index contributed by atoms with van der Waals surface area (Å²) in [6.07, 6.45) is 1.69. The second-order valence-corrected chi connectivity index (χ2v) is 3.87. The van der Waals surface area contributed by atoms with E-state index >= 15 is 0 Å². The van der Waals surface area contributed by atoms with Gasteiger partial charge >= 0.3 is 0 Å². The highest BCUT2D eigenvalue weighted by Crippen LogP contribution is 2.13. The smallest absolute Gasteiger partial charge is 0.250 e. The molecule has 1 aromatic heterocycles. The van der Waals surface area contributed by atoms with Crippen molar-refractivity contribution in [2.45, 2.75) is 19.9 Å². The van der Waals surface area contributed by atoms with E-state index in [1.807, 2.05) is 32.0 Å². The van der Waals surface area contributed by atoms with Crippen LogP contribution in [0.1, 0.15) is 19.5 Å². The summed E-state index contributed by atoms with van der Waals surface area (Å²) in [6.45, 7) is 3.96. The normalized spacial score (nSPS) is 20.3. The molecule has 0 fully saturated rings. The van der Waals surface area contributed by atoms with Crippen molar-refractivity contribution >= 4 is 11.7 Å². The van der Waals surface area contributed by atoms with Crippen molar-refractivity contribution < 1.29 is 4.79 Å². The van der Waals surface area contributed by atoms with Crippen molar-refractivity contribution in [2.75, 3.05) is 0 Å². The van der Waals surface area contributed by atoms with Crippen LogP contribution >= 0.6 is 0 Å². The largest absolute Gasteiger partial charge is 0.307 e. The fraction of sp³-hybridized carbons (Fsp3) is 0.364. The SMILES string of the molecule is CC(C)C1N=C(c2ccccn2)NC1=O. The number of carbonyl (C=O) groups is 1. The quantitative estimate of drug-likeness (QED) is 0.779. The second-order valence-electron chi connectivity index (χ2n) is 3.87. The van der Waals surface area contributed by atoms with Gasteiger partial charge in [-0.3, -0.25) is 14.8 Å². The van der Waals surface area contributed by atoms with Crippen LogP contribution in [0.25, 0.3) is 0 Å². The standard InChI is InChI=1S/C11H13N3O/c1-7(2)9-11(15)14-10(13-9)8-5-3-4-6-12-8/h3-7,9H,1-2H3,(H,13,14,15). The van der Waals surface area contributed by atoms with Gasteiger partial charge in [-0.05, 0) is 18.1 Å². The summed E-state index contributed by atoms with van der Waals surface area (Å²) in [4.78, 5) is 20.0. The predicted octanol–water partition coefficient (Wildman–Crippen LogP) is 0.983. The predicted molar refractivity (Wildman–Crippen MR) is 57.5 cm³/mol. The molecule has 2 rings (SSSR count). The van der Waals surface area contributed by atoms with Crippen molar-refractivity contribution in [3.8, 4) is 0 Å². The van der Waals surface area contributed by atoms with Gasteiger partial charge in [0, 0.05) is 6.20 Å². The zero-order valence-corrected chi connectivity index (χ0v) is 8.77. The van der Waals surface area contributed by atoms with E-state index in [9.17, 15) is 4.79 Å². The van der Waals surface area contributed by atoms with Crippen molar-refractivity contribution in [3.05, 3.63) is 30.1 Å². The van der Waals surface area contributed by atoms with Gasteiger partial charge in [0.2, 0.25) is 0 Å². The number of nitrogens with one attached hydrogen (secondary N) is 1. The minimum atomic E-state index is -0.276. The Morgan fingerprint density at radius 2 is 2.20 bits per heavy atom. The van der Waals surface area contributed by atoms with Crippen LogP contribution in [-0.2, 0) is 4.79 Å². The number of amides is 1. The first kappa shape index (κ1) is 9.83. The van der Waals surface area contributed by atoms with Gasteiger partial charge in [0.1, 0.15) is 11.7 Å². The Kier molecular flexibility index (Phi) is 2.49. The van der Waals surface area contributed by atoms with Gasteiger partial charge in [-0.15, -0.1) is 0 Å². The summed E-state index contributed by atoms with van der Waals surface area (Å²) >= 11 is 0. The summed E-state index contributed by atoms with van der Waals surface area (Å²) < 4.78 is 0. The molecule has 1 aromatic rings. The average Bonchev–Trinajstić information content (AvgIpc) is 2.62. The molecule has 0 bridgehead atoms. The molecule has 1 unspecified atom stereocenters. The molecule has 78 valence electrons. The Balaban J connectivity index is 2.27. The van der Waals surface area contributed by atoms with Gasteiger partial charge in [-0.25, -0.2) is 0 Å². The van der Waals surface area contributed by atoms with Crippen LogP contribution in [0.15, 0.2) is 29.4 Å². The molecule has 4 heteroatoms. The molecule has 0 spiro atoms. The fourth-order valence-corrected chi connectivity index (χ4v) is 1.51. The van der Waals surface area contributed by atoms with Crippen LogP contribution in [0, 0.1) is 5.92 Å². The van der Waals surface area contributed by atoms with Gasteiger partial charge in [0.15, 0.2) is 5.84 Å². The monoisotopic (exact) mass is 203 g/mol. The minimum Gasteiger partial charge on any atom is -0.307 e. The van der Waals surface area contributed by atoms with Gasteiger partial charge in [-0.2, -0.15) is 0 Å². The van der Waals surface area contributed by atoms with Crippen LogP contribution < -0.4 is 5.32 Å². The van der Waals surface area contributed by atoms with Crippen LogP contribution in [0.5, 0.6) is 0 Å². The third kappa shape index (κ3) is 1.88. The third-order valence-corrected chi connectivity index (χ3v) is 2.32. The van der Waals surface area contributed by atoms with Crippen molar-refractivity contribution in [1.82, 2.24) is 10.3 Å². The number of pyridine rings is 1. The number of aliphatic imine (C=N–C) groups is 1. The topological polar surface area (TPSA) is 54.4 Å². The molecule has 0 saturated heterocycles. The highest BCUT2D eigenvalue weighted by molar-refractivity contribution is 6.12. The van der Waals surface area contributed by atoms with Crippen LogP contribution in [0.4, 0.5) is 0 Å². The number of hydrogen-bond donors (Lipinski definition) is 1. The maximum Gasteiger partial charge on any atom is 0.250 e. The van der Waals surface area contributed by atoms with E-state index in [-0.39, 0.29) is 17.9 Å². The van der Waals surface area contributed by atoms with Gasteiger partial charge in [0.25, 0.3) is 5.91 Å². The Morgan fingerprint density at radius 3 is 2.73 bits per heavy atom. The summed E-state index contributed by atoms with van der Waals surface area (Å²) in [5, 5.41) is 2.75. The van der Waals surface area contributed by atoms with E-state index in [1.165, 1.54) is 0 Å².